The number of amides is 1. The van der Waals surface area contributed by atoms with Crippen LogP contribution in [0.2, 0.25) is 0 Å². The molecule has 0 radical (unpaired) electrons. The van der Waals surface area contributed by atoms with Gasteiger partial charge < -0.3 is 14.8 Å². The van der Waals surface area contributed by atoms with Crippen LogP contribution in [0.4, 0.5) is 5.69 Å². The fourth-order valence-corrected chi connectivity index (χ4v) is 3.86. The summed E-state index contributed by atoms with van der Waals surface area (Å²) in [5.74, 6) is 1.09. The Morgan fingerprint density at radius 1 is 0.758 bits per heavy atom. The minimum atomic E-state index is -0.240. The standard InChI is InChI=1S/C28H24BrNO3/c29-26-18-23(22-10-5-2-6-11-22)14-15-27(26)33-20-28(31)30-24-12-7-13-25(19-24)32-17-16-21-8-3-1-4-9-21/h1-15,18-19H,16-17,20H2,(H,30,31). The highest BCUT2D eigenvalue weighted by molar-refractivity contribution is 9.10. The van der Waals surface area contributed by atoms with Gasteiger partial charge in [0.2, 0.25) is 0 Å². The van der Waals surface area contributed by atoms with Gasteiger partial charge in [-0.25, -0.2) is 0 Å². The second-order valence-corrected chi connectivity index (χ2v) is 8.31. The Labute approximate surface area is 202 Å². The van der Waals surface area contributed by atoms with Crippen molar-refractivity contribution in [3.05, 3.63) is 113 Å². The van der Waals surface area contributed by atoms with Crippen molar-refractivity contribution in [2.75, 3.05) is 18.5 Å². The van der Waals surface area contributed by atoms with Crippen LogP contribution in [0.15, 0.2) is 108 Å². The van der Waals surface area contributed by atoms with Crippen molar-refractivity contribution < 1.29 is 14.3 Å². The molecule has 0 bridgehead atoms. The number of rotatable bonds is 9. The molecule has 0 aromatic heterocycles. The van der Waals surface area contributed by atoms with Crippen LogP contribution in [0.25, 0.3) is 11.1 Å². The fourth-order valence-electron chi connectivity index (χ4n) is 3.36. The second-order valence-electron chi connectivity index (χ2n) is 7.46. The molecule has 33 heavy (non-hydrogen) atoms. The lowest BCUT2D eigenvalue weighted by atomic mass is 10.1. The topological polar surface area (TPSA) is 47.6 Å². The molecule has 1 amide bonds. The molecule has 4 aromatic rings. The van der Waals surface area contributed by atoms with Crippen molar-refractivity contribution in [3.63, 3.8) is 0 Å². The zero-order chi connectivity index (χ0) is 22.9. The Balaban J connectivity index is 1.28. The van der Waals surface area contributed by atoms with Crippen LogP contribution in [0, 0.1) is 0 Å². The van der Waals surface area contributed by atoms with E-state index in [1.807, 2.05) is 78.9 Å². The van der Waals surface area contributed by atoms with Gasteiger partial charge in [-0.15, -0.1) is 0 Å². The van der Waals surface area contributed by atoms with Crippen molar-refractivity contribution >= 4 is 27.5 Å². The summed E-state index contributed by atoms with van der Waals surface area (Å²) in [6.07, 6.45) is 0.823. The zero-order valence-corrected chi connectivity index (χ0v) is 19.6. The van der Waals surface area contributed by atoms with Crippen LogP contribution < -0.4 is 14.8 Å². The van der Waals surface area contributed by atoms with Gasteiger partial charge in [-0.3, -0.25) is 4.79 Å². The minimum absolute atomic E-state index is 0.0949. The monoisotopic (exact) mass is 501 g/mol. The molecule has 0 fully saturated rings. The molecule has 0 saturated heterocycles. The Morgan fingerprint density at radius 3 is 2.27 bits per heavy atom. The first-order valence-electron chi connectivity index (χ1n) is 10.7. The normalized spacial score (nSPS) is 10.5. The van der Waals surface area contributed by atoms with E-state index in [9.17, 15) is 4.79 Å². The molecule has 0 saturated carbocycles. The summed E-state index contributed by atoms with van der Waals surface area (Å²) >= 11 is 3.54. The maximum Gasteiger partial charge on any atom is 0.262 e. The van der Waals surface area contributed by atoms with Crippen molar-refractivity contribution in [1.29, 1.82) is 0 Å². The number of carbonyl (C=O) groups is 1. The van der Waals surface area contributed by atoms with E-state index in [4.69, 9.17) is 9.47 Å². The number of hydrogen-bond acceptors (Lipinski definition) is 3. The molecule has 5 heteroatoms. The molecule has 4 rings (SSSR count). The molecule has 0 aliphatic heterocycles. The molecule has 166 valence electrons. The van der Waals surface area contributed by atoms with Gasteiger partial charge in [-0.05, 0) is 56.9 Å². The third kappa shape index (κ3) is 6.70. The third-order valence-electron chi connectivity index (χ3n) is 5.02. The van der Waals surface area contributed by atoms with E-state index < -0.39 is 0 Å². The Morgan fingerprint density at radius 2 is 1.52 bits per heavy atom. The molecule has 4 aromatic carbocycles. The number of anilines is 1. The van der Waals surface area contributed by atoms with Crippen LogP contribution >= 0.6 is 15.9 Å². The van der Waals surface area contributed by atoms with E-state index in [1.54, 1.807) is 0 Å². The highest BCUT2D eigenvalue weighted by atomic mass is 79.9. The molecule has 0 atom stereocenters. The summed E-state index contributed by atoms with van der Waals surface area (Å²) in [6, 6.07) is 33.5. The highest BCUT2D eigenvalue weighted by Gasteiger charge is 2.09. The molecule has 0 heterocycles. The Bertz CT molecular complexity index is 1200. The fraction of sp³-hybridized carbons (Fsp3) is 0.107. The lowest BCUT2D eigenvalue weighted by molar-refractivity contribution is -0.118. The summed E-state index contributed by atoms with van der Waals surface area (Å²) in [7, 11) is 0. The average Bonchev–Trinajstić information content (AvgIpc) is 2.85. The number of nitrogens with one attached hydrogen (secondary N) is 1. The van der Waals surface area contributed by atoms with Crippen molar-refractivity contribution in [1.82, 2.24) is 0 Å². The van der Waals surface area contributed by atoms with Gasteiger partial charge >= 0.3 is 0 Å². The van der Waals surface area contributed by atoms with E-state index in [1.165, 1.54) is 5.56 Å². The van der Waals surface area contributed by atoms with Crippen molar-refractivity contribution in [3.8, 4) is 22.6 Å². The largest absolute Gasteiger partial charge is 0.493 e. The van der Waals surface area contributed by atoms with Gasteiger partial charge in [-0.2, -0.15) is 0 Å². The van der Waals surface area contributed by atoms with Crippen LogP contribution in [0.1, 0.15) is 5.56 Å². The highest BCUT2D eigenvalue weighted by Crippen LogP contribution is 2.30. The van der Waals surface area contributed by atoms with Gasteiger partial charge in [-0.1, -0.05) is 72.8 Å². The van der Waals surface area contributed by atoms with E-state index >= 15 is 0 Å². The zero-order valence-electron chi connectivity index (χ0n) is 18.0. The molecule has 0 spiro atoms. The Hall–Kier alpha value is -3.57. The van der Waals surface area contributed by atoms with Crippen LogP contribution in [0.3, 0.4) is 0 Å². The molecule has 0 aliphatic carbocycles. The van der Waals surface area contributed by atoms with Crippen LogP contribution in [0.5, 0.6) is 11.5 Å². The predicted molar refractivity (Wildman–Crippen MR) is 136 cm³/mol. The maximum absolute atomic E-state index is 12.4. The van der Waals surface area contributed by atoms with Crippen LogP contribution in [-0.4, -0.2) is 19.1 Å². The molecule has 0 unspecified atom stereocenters. The first-order chi connectivity index (χ1) is 16.2. The van der Waals surface area contributed by atoms with Gasteiger partial charge in [0.25, 0.3) is 5.91 Å². The molecular formula is C28H24BrNO3. The van der Waals surface area contributed by atoms with Crippen LogP contribution in [-0.2, 0) is 11.2 Å². The summed E-state index contributed by atoms with van der Waals surface area (Å²) < 4.78 is 12.3. The Kier molecular flexibility index (Phi) is 7.77. The lowest BCUT2D eigenvalue weighted by Crippen LogP contribution is -2.20. The van der Waals surface area contributed by atoms with E-state index in [0.29, 0.717) is 23.8 Å². The molecular weight excluding hydrogens is 478 g/mol. The molecule has 4 nitrogen and oxygen atoms in total. The number of hydrogen-bond donors (Lipinski definition) is 1. The van der Waals surface area contributed by atoms with E-state index in [-0.39, 0.29) is 12.5 Å². The predicted octanol–water partition coefficient (Wildman–Crippen LogP) is 6.76. The summed E-state index contributed by atoms with van der Waals surface area (Å²) in [5, 5.41) is 2.86. The van der Waals surface area contributed by atoms with Gasteiger partial charge in [0, 0.05) is 18.2 Å². The number of carbonyl (C=O) groups excluding carboxylic acids is 1. The summed E-state index contributed by atoms with van der Waals surface area (Å²) in [6.45, 7) is 0.472. The molecule has 1 N–H and O–H groups in total. The maximum atomic E-state index is 12.4. The number of halogens is 1. The average molecular weight is 502 g/mol. The second kappa shape index (κ2) is 11.3. The van der Waals surface area contributed by atoms with E-state index in [0.717, 1.165) is 22.0 Å². The minimum Gasteiger partial charge on any atom is -0.493 e. The van der Waals surface area contributed by atoms with Crippen molar-refractivity contribution in [2.45, 2.75) is 6.42 Å². The summed E-state index contributed by atoms with van der Waals surface area (Å²) in [4.78, 5) is 12.4. The summed E-state index contributed by atoms with van der Waals surface area (Å²) in [5.41, 5.74) is 4.08. The third-order valence-corrected chi connectivity index (χ3v) is 5.64. The number of benzene rings is 4. The smallest absolute Gasteiger partial charge is 0.262 e. The van der Waals surface area contributed by atoms with Gasteiger partial charge in [0.05, 0.1) is 11.1 Å². The lowest BCUT2D eigenvalue weighted by Gasteiger charge is -2.11. The molecule has 0 aliphatic rings. The first kappa shape index (κ1) is 22.6. The van der Waals surface area contributed by atoms with Gasteiger partial charge in [0.1, 0.15) is 11.5 Å². The number of ether oxygens (including phenoxy) is 2. The van der Waals surface area contributed by atoms with E-state index in [2.05, 4.69) is 45.5 Å². The quantitative estimate of drug-likeness (QED) is 0.275. The van der Waals surface area contributed by atoms with Crippen molar-refractivity contribution in [2.24, 2.45) is 0 Å². The van der Waals surface area contributed by atoms with Gasteiger partial charge in [0.15, 0.2) is 6.61 Å². The SMILES string of the molecule is O=C(COc1ccc(-c2ccccc2)cc1Br)Nc1cccc(OCCc2ccccc2)c1. The first-order valence-corrected chi connectivity index (χ1v) is 11.5.